The highest BCUT2D eigenvalue weighted by molar-refractivity contribution is 6.35. The lowest BCUT2D eigenvalue weighted by atomic mass is 10.1. The van der Waals surface area contributed by atoms with Crippen LogP contribution >= 0.6 is 11.6 Å². The monoisotopic (exact) mass is 222 g/mol. The first-order chi connectivity index (χ1) is 7.31. The Morgan fingerprint density at radius 1 is 1.27 bits per heavy atom. The molecule has 2 aromatic rings. The summed E-state index contributed by atoms with van der Waals surface area (Å²) in [4.78, 5) is 3.13. The lowest BCUT2D eigenvalue weighted by Crippen LogP contribution is -1.98. The van der Waals surface area contributed by atoms with Gasteiger partial charge in [0.15, 0.2) is 0 Å². The van der Waals surface area contributed by atoms with E-state index in [1.807, 2.05) is 6.20 Å². The van der Waals surface area contributed by atoms with Crippen LogP contribution in [-0.4, -0.2) is 11.5 Å². The summed E-state index contributed by atoms with van der Waals surface area (Å²) in [5, 5.41) is 1.91. The number of rotatable bonds is 4. The molecule has 0 bridgehead atoms. The number of nitrogens with two attached hydrogens (primary N) is 1. The third kappa shape index (κ3) is 2.33. The maximum Gasteiger partial charge on any atom is 0.0659 e. The van der Waals surface area contributed by atoms with E-state index >= 15 is 0 Å². The van der Waals surface area contributed by atoms with E-state index in [0.29, 0.717) is 0 Å². The molecule has 3 N–H and O–H groups in total. The van der Waals surface area contributed by atoms with E-state index < -0.39 is 0 Å². The molecule has 0 radical (unpaired) electrons. The molecule has 1 aromatic carbocycles. The first-order valence-corrected chi connectivity index (χ1v) is 5.64. The average molecular weight is 223 g/mol. The molecule has 2 rings (SSSR count). The summed E-state index contributed by atoms with van der Waals surface area (Å²) in [6.45, 7) is 0.771. The molecule has 80 valence electrons. The van der Waals surface area contributed by atoms with Crippen molar-refractivity contribution in [1.29, 1.82) is 0 Å². The second-order valence-electron chi connectivity index (χ2n) is 3.76. The lowest BCUT2D eigenvalue weighted by molar-refractivity contribution is 0.745. The maximum absolute atomic E-state index is 6.05. The number of hydrogen-bond donors (Lipinski definition) is 2. The van der Waals surface area contributed by atoms with Gasteiger partial charge >= 0.3 is 0 Å². The van der Waals surface area contributed by atoms with Gasteiger partial charge in [-0.2, -0.15) is 0 Å². The summed E-state index contributed by atoms with van der Waals surface area (Å²) in [5.41, 5.74) is 7.90. The summed E-state index contributed by atoms with van der Waals surface area (Å²) in [6.07, 6.45) is 5.13. The maximum atomic E-state index is 6.05. The minimum atomic E-state index is 0.771. The molecule has 2 nitrogen and oxygen atoms in total. The van der Waals surface area contributed by atoms with Crippen LogP contribution in [0.2, 0.25) is 5.02 Å². The number of nitrogens with one attached hydrogen (secondary N) is 1. The molecule has 0 aliphatic carbocycles. The molecule has 0 aliphatic heterocycles. The van der Waals surface area contributed by atoms with Gasteiger partial charge in [-0.25, -0.2) is 0 Å². The van der Waals surface area contributed by atoms with Gasteiger partial charge in [0.25, 0.3) is 0 Å². The van der Waals surface area contributed by atoms with Gasteiger partial charge in [-0.1, -0.05) is 17.7 Å². The average Bonchev–Trinajstić information content (AvgIpc) is 2.61. The fourth-order valence-electron chi connectivity index (χ4n) is 1.76. The van der Waals surface area contributed by atoms with E-state index in [4.69, 9.17) is 17.3 Å². The van der Waals surface area contributed by atoms with Gasteiger partial charge in [-0.3, -0.25) is 0 Å². The van der Waals surface area contributed by atoms with Crippen molar-refractivity contribution in [3.63, 3.8) is 0 Å². The normalized spacial score (nSPS) is 11.1. The van der Waals surface area contributed by atoms with Gasteiger partial charge in [0, 0.05) is 17.1 Å². The van der Waals surface area contributed by atoms with Crippen LogP contribution in [0.5, 0.6) is 0 Å². The van der Waals surface area contributed by atoms with E-state index in [2.05, 4.69) is 23.2 Å². The summed E-state index contributed by atoms with van der Waals surface area (Å²) < 4.78 is 0. The minimum Gasteiger partial charge on any atom is -0.360 e. The zero-order valence-electron chi connectivity index (χ0n) is 8.59. The van der Waals surface area contributed by atoms with E-state index in [1.54, 1.807) is 0 Å². The van der Waals surface area contributed by atoms with Crippen LogP contribution in [0.1, 0.15) is 18.4 Å². The molecular weight excluding hydrogens is 208 g/mol. The Morgan fingerprint density at radius 2 is 2.13 bits per heavy atom. The van der Waals surface area contributed by atoms with Gasteiger partial charge in [0.2, 0.25) is 0 Å². The molecule has 0 amide bonds. The highest BCUT2D eigenvalue weighted by atomic mass is 35.5. The number of aromatic amines is 1. The molecule has 1 aromatic heterocycles. The fourth-order valence-corrected chi connectivity index (χ4v) is 1.97. The number of fused-ring (bicyclic) bond motifs is 1. The van der Waals surface area contributed by atoms with Crippen molar-refractivity contribution in [3.05, 3.63) is 35.0 Å². The van der Waals surface area contributed by atoms with Gasteiger partial charge in [0.05, 0.1) is 5.02 Å². The van der Waals surface area contributed by atoms with Gasteiger partial charge in [-0.05, 0) is 43.5 Å². The fraction of sp³-hybridized carbons (Fsp3) is 0.333. The second-order valence-corrected chi connectivity index (χ2v) is 4.17. The number of benzene rings is 1. The van der Waals surface area contributed by atoms with Crippen LogP contribution in [0.15, 0.2) is 24.4 Å². The van der Waals surface area contributed by atoms with Gasteiger partial charge < -0.3 is 10.7 Å². The Kier molecular flexibility index (Phi) is 3.29. The summed E-state index contributed by atoms with van der Waals surface area (Å²) in [6, 6.07) is 6.38. The van der Waals surface area contributed by atoms with Crippen molar-refractivity contribution in [2.75, 3.05) is 6.54 Å². The Labute approximate surface area is 94.4 Å². The zero-order chi connectivity index (χ0) is 10.7. The van der Waals surface area contributed by atoms with Crippen LogP contribution in [0.4, 0.5) is 0 Å². The lowest BCUT2D eigenvalue weighted by Gasteiger charge is -2.01. The molecule has 0 unspecified atom stereocenters. The van der Waals surface area contributed by atoms with Crippen LogP contribution in [0.25, 0.3) is 10.9 Å². The second kappa shape index (κ2) is 4.69. The van der Waals surface area contributed by atoms with Crippen molar-refractivity contribution in [1.82, 2.24) is 4.98 Å². The third-order valence-electron chi connectivity index (χ3n) is 2.62. The summed E-state index contributed by atoms with van der Waals surface area (Å²) in [7, 11) is 0. The largest absolute Gasteiger partial charge is 0.360 e. The number of H-pyrrole nitrogens is 1. The van der Waals surface area contributed by atoms with Crippen molar-refractivity contribution in [3.8, 4) is 0 Å². The molecule has 0 saturated heterocycles. The predicted octanol–water partition coefficient (Wildman–Crippen LogP) is 3.10. The van der Waals surface area contributed by atoms with Crippen molar-refractivity contribution in [2.45, 2.75) is 19.3 Å². The predicted molar refractivity (Wildman–Crippen MR) is 65.3 cm³/mol. The van der Waals surface area contributed by atoms with Crippen LogP contribution < -0.4 is 5.73 Å². The quantitative estimate of drug-likeness (QED) is 0.767. The van der Waals surface area contributed by atoms with E-state index in [-0.39, 0.29) is 0 Å². The number of aryl methyl sites for hydroxylation is 1. The van der Waals surface area contributed by atoms with E-state index in [9.17, 15) is 0 Å². The standard InChI is InChI=1S/C12H15ClN2/c13-11-8-15-12-5-4-9(7-10(11)12)3-1-2-6-14/h4-5,7-8,15H,1-3,6,14H2. The molecule has 0 aliphatic rings. The molecule has 0 atom stereocenters. The number of hydrogen-bond acceptors (Lipinski definition) is 1. The number of aromatic nitrogens is 1. The highest BCUT2D eigenvalue weighted by Gasteiger charge is 2.02. The molecule has 0 fully saturated rings. The number of halogens is 1. The van der Waals surface area contributed by atoms with E-state index in [1.165, 1.54) is 5.56 Å². The highest BCUT2D eigenvalue weighted by Crippen LogP contribution is 2.24. The molecule has 1 heterocycles. The first kappa shape index (κ1) is 10.5. The third-order valence-corrected chi connectivity index (χ3v) is 2.93. The van der Waals surface area contributed by atoms with Crippen LogP contribution in [0.3, 0.4) is 0 Å². The first-order valence-electron chi connectivity index (χ1n) is 5.27. The topological polar surface area (TPSA) is 41.8 Å². The smallest absolute Gasteiger partial charge is 0.0659 e. The Morgan fingerprint density at radius 3 is 2.93 bits per heavy atom. The Hall–Kier alpha value is -0.990. The molecule has 0 saturated carbocycles. The molecular formula is C12H15ClN2. The molecule has 0 spiro atoms. The molecule has 3 heteroatoms. The zero-order valence-corrected chi connectivity index (χ0v) is 9.35. The van der Waals surface area contributed by atoms with Gasteiger partial charge in [0.1, 0.15) is 0 Å². The van der Waals surface area contributed by atoms with Crippen LogP contribution in [-0.2, 0) is 6.42 Å². The Balaban J connectivity index is 2.18. The Bertz CT molecular complexity index is 448. The van der Waals surface area contributed by atoms with Crippen LogP contribution in [0, 0.1) is 0 Å². The van der Waals surface area contributed by atoms with Crippen molar-refractivity contribution >= 4 is 22.5 Å². The van der Waals surface area contributed by atoms with Crippen molar-refractivity contribution in [2.24, 2.45) is 5.73 Å². The van der Waals surface area contributed by atoms with Crippen molar-refractivity contribution < 1.29 is 0 Å². The summed E-state index contributed by atoms with van der Waals surface area (Å²) in [5.74, 6) is 0. The molecule has 15 heavy (non-hydrogen) atoms. The SMILES string of the molecule is NCCCCc1ccc2[nH]cc(Cl)c2c1. The van der Waals surface area contributed by atoms with Gasteiger partial charge in [-0.15, -0.1) is 0 Å². The number of unbranched alkanes of at least 4 members (excludes halogenated alkanes) is 1. The van der Waals surface area contributed by atoms with E-state index in [0.717, 1.165) is 41.7 Å². The minimum absolute atomic E-state index is 0.771. The summed E-state index contributed by atoms with van der Waals surface area (Å²) >= 11 is 6.05.